The van der Waals surface area contributed by atoms with Crippen LogP contribution in [0.2, 0.25) is 0 Å². The summed E-state index contributed by atoms with van der Waals surface area (Å²) in [7, 11) is 0. The van der Waals surface area contributed by atoms with Crippen molar-refractivity contribution in [3.8, 4) is 17.6 Å². The van der Waals surface area contributed by atoms with E-state index in [1.165, 1.54) is 55.9 Å². The first-order valence-corrected chi connectivity index (χ1v) is 10.7. The number of aromatic nitrogens is 2. The number of nitrogens with zero attached hydrogens (tertiary/aromatic N) is 3. The van der Waals surface area contributed by atoms with Gasteiger partial charge in [-0.2, -0.15) is 8.75 Å². The summed E-state index contributed by atoms with van der Waals surface area (Å²) in [6.45, 7) is 3.43. The van der Waals surface area contributed by atoms with Gasteiger partial charge in [0.1, 0.15) is 10.8 Å². The van der Waals surface area contributed by atoms with Crippen molar-refractivity contribution in [3.05, 3.63) is 35.5 Å². The molecule has 3 aliphatic heterocycles. The maximum Gasteiger partial charge on any atom is 0.573 e. The molecule has 1 atom stereocenters. The smallest absolute Gasteiger partial charge is 0.406 e. The van der Waals surface area contributed by atoms with Gasteiger partial charge in [0, 0.05) is 18.0 Å². The molecule has 0 amide bonds. The van der Waals surface area contributed by atoms with Crippen LogP contribution < -0.4 is 4.74 Å². The highest BCUT2D eigenvalue weighted by Crippen LogP contribution is 2.41. The molecule has 148 valence electrons. The van der Waals surface area contributed by atoms with Gasteiger partial charge in [-0.05, 0) is 50.0 Å². The number of alkyl halides is 3. The van der Waals surface area contributed by atoms with E-state index in [-0.39, 0.29) is 5.75 Å². The molecule has 5 rings (SSSR count). The molecule has 28 heavy (non-hydrogen) atoms. The average molecular weight is 426 g/mol. The van der Waals surface area contributed by atoms with E-state index in [4.69, 9.17) is 0 Å². The van der Waals surface area contributed by atoms with E-state index >= 15 is 0 Å². The number of fused-ring (bicyclic) bond motifs is 3. The number of rotatable bonds is 4. The minimum Gasteiger partial charge on any atom is -0.406 e. The van der Waals surface area contributed by atoms with Crippen molar-refractivity contribution in [1.29, 1.82) is 0 Å². The molecule has 3 saturated heterocycles. The zero-order chi connectivity index (χ0) is 19.6. The first kappa shape index (κ1) is 19.6. The zero-order valence-electron chi connectivity index (χ0n) is 14.9. The van der Waals surface area contributed by atoms with E-state index in [1.54, 1.807) is 17.8 Å². The molecular weight excluding hydrogens is 407 g/mol. The number of ether oxygens (including phenoxy) is 1. The first-order chi connectivity index (χ1) is 13.5. The monoisotopic (exact) mass is 425 g/mol. The molecule has 0 saturated carbocycles. The van der Waals surface area contributed by atoms with Crippen LogP contribution in [0.25, 0.3) is 0 Å². The second-order valence-electron chi connectivity index (χ2n) is 6.87. The van der Waals surface area contributed by atoms with Crippen LogP contribution in [-0.4, -0.2) is 45.4 Å². The highest BCUT2D eigenvalue weighted by Gasteiger charge is 2.37. The third-order valence-corrected chi connectivity index (χ3v) is 6.59. The van der Waals surface area contributed by atoms with Gasteiger partial charge in [-0.3, -0.25) is 0 Å². The maximum absolute atomic E-state index is 12.3. The number of piperidine rings is 3. The predicted molar refractivity (Wildman–Crippen MR) is 103 cm³/mol. The van der Waals surface area contributed by atoms with Crippen LogP contribution in [-0.2, 0) is 0 Å². The Labute approximate surface area is 169 Å². The van der Waals surface area contributed by atoms with Crippen LogP contribution in [0.15, 0.2) is 29.3 Å². The van der Waals surface area contributed by atoms with Gasteiger partial charge >= 0.3 is 6.36 Å². The van der Waals surface area contributed by atoms with E-state index in [0.29, 0.717) is 23.2 Å². The van der Waals surface area contributed by atoms with Gasteiger partial charge in [0.05, 0.1) is 23.2 Å². The molecule has 2 aromatic rings. The zero-order valence-corrected chi connectivity index (χ0v) is 16.5. The quantitative estimate of drug-likeness (QED) is 0.537. The Kier molecular flexibility index (Phi) is 5.80. The Morgan fingerprint density at radius 1 is 1.25 bits per heavy atom. The molecule has 3 fully saturated rings. The summed E-state index contributed by atoms with van der Waals surface area (Å²) in [5.74, 6) is 7.27. The van der Waals surface area contributed by atoms with E-state index in [0.717, 1.165) is 17.3 Å². The fraction of sp³-hybridized carbons (Fsp3) is 0.474. The normalized spacial score (nSPS) is 23.9. The lowest BCUT2D eigenvalue weighted by Gasteiger charge is -2.44. The summed E-state index contributed by atoms with van der Waals surface area (Å²) in [6.07, 6.45) is -2.25. The second kappa shape index (κ2) is 8.31. The van der Waals surface area contributed by atoms with Gasteiger partial charge < -0.3 is 9.64 Å². The summed E-state index contributed by atoms with van der Waals surface area (Å²) < 4.78 is 49.8. The summed E-state index contributed by atoms with van der Waals surface area (Å²) >= 11 is 2.78. The van der Waals surface area contributed by atoms with Gasteiger partial charge in [0.25, 0.3) is 0 Å². The average Bonchev–Trinajstić information content (AvgIpc) is 3.13. The number of hydrogen-bond donors (Lipinski definition) is 0. The van der Waals surface area contributed by atoms with Gasteiger partial charge in [-0.1, -0.05) is 29.7 Å². The second-order valence-corrected chi connectivity index (χ2v) is 8.36. The predicted octanol–water partition coefficient (Wildman–Crippen LogP) is 4.39. The molecule has 2 bridgehead atoms. The van der Waals surface area contributed by atoms with Crippen LogP contribution >= 0.6 is 23.5 Å². The van der Waals surface area contributed by atoms with Gasteiger partial charge in [-0.25, -0.2) is 0 Å². The number of halogens is 3. The van der Waals surface area contributed by atoms with E-state index in [2.05, 4.69) is 30.2 Å². The Hall–Kier alpha value is -1.76. The molecule has 9 heteroatoms. The molecule has 1 aromatic heterocycles. The van der Waals surface area contributed by atoms with Gasteiger partial charge in [-0.15, -0.1) is 13.2 Å². The Bertz CT molecular complexity index is 882. The Morgan fingerprint density at radius 3 is 2.79 bits per heavy atom. The van der Waals surface area contributed by atoms with Gasteiger partial charge in [0.2, 0.25) is 0 Å². The third-order valence-electron chi connectivity index (χ3n) is 5.07. The molecule has 4 nitrogen and oxygen atoms in total. The molecule has 0 aliphatic carbocycles. The van der Waals surface area contributed by atoms with Crippen molar-refractivity contribution in [2.75, 3.05) is 25.4 Å². The highest BCUT2D eigenvalue weighted by molar-refractivity contribution is 7.99. The summed E-state index contributed by atoms with van der Waals surface area (Å²) in [6, 6.07) is 5.70. The van der Waals surface area contributed by atoms with Gasteiger partial charge in [0.15, 0.2) is 0 Å². The minimum absolute atomic E-state index is 0.264. The Balaban J connectivity index is 1.37. The fourth-order valence-electron chi connectivity index (χ4n) is 3.80. The number of hydrogen-bond acceptors (Lipinski definition) is 6. The molecule has 1 aromatic carbocycles. The van der Waals surface area contributed by atoms with Crippen LogP contribution in [0.4, 0.5) is 13.2 Å². The summed E-state index contributed by atoms with van der Waals surface area (Å²) in [5, 5.41) is 0.937. The third kappa shape index (κ3) is 4.80. The van der Waals surface area contributed by atoms with Crippen molar-refractivity contribution in [3.63, 3.8) is 0 Å². The van der Waals surface area contributed by atoms with Crippen molar-refractivity contribution < 1.29 is 17.9 Å². The van der Waals surface area contributed by atoms with Crippen LogP contribution in [0.3, 0.4) is 0 Å². The van der Waals surface area contributed by atoms with Crippen LogP contribution in [0.5, 0.6) is 5.75 Å². The van der Waals surface area contributed by atoms with E-state index in [1.807, 2.05) is 0 Å². The minimum atomic E-state index is -4.70. The molecule has 3 aliphatic rings. The SMILES string of the molecule is FC(F)(F)Oc1cccc(C#CCSc2nsnc2C2CN3CCC2CC3)c1. The molecule has 0 spiro atoms. The lowest BCUT2D eigenvalue weighted by atomic mass is 9.78. The maximum atomic E-state index is 12.3. The molecule has 1 unspecified atom stereocenters. The number of thioether (sulfide) groups is 1. The molecule has 4 heterocycles. The highest BCUT2D eigenvalue weighted by atomic mass is 32.2. The van der Waals surface area contributed by atoms with E-state index < -0.39 is 6.36 Å². The first-order valence-electron chi connectivity index (χ1n) is 9.00. The van der Waals surface area contributed by atoms with Crippen molar-refractivity contribution in [2.24, 2.45) is 5.92 Å². The fourth-order valence-corrected chi connectivity index (χ4v) is 5.32. The standard InChI is InChI=1S/C19H18F3N3OS2/c20-19(21,22)26-15-5-1-3-13(11-15)4-2-10-27-18-17(23-28-24-18)16-12-25-8-6-14(16)7-9-25/h1,3,5,11,14,16H,6-10,12H2. The molecule has 0 N–H and O–H groups in total. The number of benzene rings is 1. The van der Waals surface area contributed by atoms with Crippen molar-refractivity contribution in [1.82, 2.24) is 13.6 Å². The topological polar surface area (TPSA) is 38.3 Å². The Morgan fingerprint density at radius 2 is 2.07 bits per heavy atom. The summed E-state index contributed by atoms with van der Waals surface area (Å²) in [5.41, 5.74) is 1.57. The lowest BCUT2D eigenvalue weighted by Crippen LogP contribution is -2.46. The molecular formula is C19H18F3N3OS2. The lowest BCUT2D eigenvalue weighted by molar-refractivity contribution is -0.274. The summed E-state index contributed by atoms with van der Waals surface area (Å²) in [4.78, 5) is 2.49. The molecule has 0 radical (unpaired) electrons. The van der Waals surface area contributed by atoms with Crippen molar-refractivity contribution in [2.45, 2.75) is 30.1 Å². The van der Waals surface area contributed by atoms with Crippen LogP contribution in [0, 0.1) is 17.8 Å². The van der Waals surface area contributed by atoms with E-state index in [9.17, 15) is 13.2 Å². The van der Waals surface area contributed by atoms with Crippen molar-refractivity contribution >= 4 is 23.5 Å². The largest absolute Gasteiger partial charge is 0.573 e. The van der Waals surface area contributed by atoms with Crippen LogP contribution in [0.1, 0.15) is 30.0 Å².